The Bertz CT molecular complexity index is 1690. The highest BCUT2D eigenvalue weighted by Crippen LogP contribution is 2.41. The Balaban J connectivity index is 1.51. The normalized spacial score (nSPS) is 13.6. The molecular formula is C29H30N4O7S. The van der Waals surface area contributed by atoms with Gasteiger partial charge in [0.05, 0.1) is 21.3 Å². The second-order valence-corrected chi connectivity index (χ2v) is 10.8. The first-order chi connectivity index (χ1) is 19.8. The van der Waals surface area contributed by atoms with Crippen molar-refractivity contribution < 1.29 is 31.9 Å². The second-order valence-electron chi connectivity index (χ2n) is 9.21. The van der Waals surface area contributed by atoms with Crippen molar-refractivity contribution in [1.29, 1.82) is 0 Å². The fourth-order valence-corrected chi connectivity index (χ4v) is 6.30. The molecule has 3 aromatic carbocycles. The van der Waals surface area contributed by atoms with Crippen LogP contribution in [0.5, 0.6) is 17.2 Å². The van der Waals surface area contributed by atoms with Gasteiger partial charge in [-0.3, -0.25) is 9.52 Å². The number of methoxy groups -OCH3 is 3. The van der Waals surface area contributed by atoms with E-state index in [4.69, 9.17) is 18.7 Å². The zero-order valence-electron chi connectivity index (χ0n) is 22.9. The summed E-state index contributed by atoms with van der Waals surface area (Å²) in [4.78, 5) is 15.9. The van der Waals surface area contributed by atoms with Gasteiger partial charge in [-0.25, -0.2) is 8.42 Å². The molecule has 5 rings (SSSR count). The molecule has 0 unspecified atom stereocenters. The first-order valence-corrected chi connectivity index (χ1v) is 14.3. The molecule has 0 radical (unpaired) electrons. The summed E-state index contributed by atoms with van der Waals surface area (Å²) in [6.45, 7) is 6.08. The summed E-state index contributed by atoms with van der Waals surface area (Å²) < 4.78 is 51.3. The van der Waals surface area contributed by atoms with E-state index in [0.717, 1.165) is 16.8 Å². The molecule has 1 fully saturated rings. The summed E-state index contributed by atoms with van der Waals surface area (Å²) in [5, 5.41) is 4.39. The minimum atomic E-state index is -4.20. The summed E-state index contributed by atoms with van der Waals surface area (Å²) in [5.41, 5.74) is 3.04. The minimum Gasteiger partial charge on any atom is -0.496 e. The first-order valence-electron chi connectivity index (χ1n) is 12.8. The summed E-state index contributed by atoms with van der Waals surface area (Å²) in [6, 6.07) is 16.2. The van der Waals surface area contributed by atoms with Crippen LogP contribution >= 0.6 is 0 Å². The van der Waals surface area contributed by atoms with Gasteiger partial charge in [0.2, 0.25) is 5.91 Å². The van der Waals surface area contributed by atoms with Gasteiger partial charge in [-0.15, -0.1) is 0 Å². The highest BCUT2D eigenvalue weighted by atomic mass is 32.2. The van der Waals surface area contributed by atoms with Crippen LogP contribution in [0, 0.1) is 0 Å². The molecule has 0 saturated carbocycles. The van der Waals surface area contributed by atoms with Gasteiger partial charge < -0.3 is 28.5 Å². The maximum Gasteiger partial charge on any atom is 0.270 e. The topological polar surface area (TPSA) is 123 Å². The number of ether oxygens (including phenoxy) is 3. The van der Waals surface area contributed by atoms with Crippen molar-refractivity contribution >= 4 is 38.4 Å². The lowest BCUT2D eigenvalue weighted by Gasteiger charge is -2.36. The van der Waals surface area contributed by atoms with E-state index < -0.39 is 10.0 Å². The number of nitrogens with zero attached hydrogens (tertiary/aromatic N) is 3. The molecule has 1 saturated heterocycles. The fourth-order valence-electron chi connectivity index (χ4n) is 4.97. The maximum absolute atomic E-state index is 13.5. The van der Waals surface area contributed by atoms with Gasteiger partial charge in [0.1, 0.15) is 22.6 Å². The van der Waals surface area contributed by atoms with E-state index in [0.29, 0.717) is 42.9 Å². The Hall–Kier alpha value is -4.71. The predicted molar refractivity (Wildman–Crippen MR) is 155 cm³/mol. The molecule has 214 valence electrons. The smallest absolute Gasteiger partial charge is 0.270 e. The molecule has 1 N–H and O–H groups in total. The SMILES string of the molecule is C=CC(=O)N1CCN(c2ccccc2-c2cc(OC)c3c(NS(=O)(=O)c4c(OC)cccc4OC)noc3c2)CC1. The average Bonchev–Trinajstić information content (AvgIpc) is 3.41. The van der Waals surface area contributed by atoms with Gasteiger partial charge in [-0.1, -0.05) is 36.0 Å². The minimum absolute atomic E-state index is 0.0346. The van der Waals surface area contributed by atoms with Gasteiger partial charge in [-0.2, -0.15) is 0 Å². The number of piperazine rings is 1. The number of carbonyl (C=O) groups is 1. The monoisotopic (exact) mass is 578 g/mol. The number of aromatic nitrogens is 1. The number of sulfonamides is 1. The van der Waals surface area contributed by atoms with E-state index in [1.165, 1.54) is 39.5 Å². The molecule has 1 aromatic heterocycles. The van der Waals surface area contributed by atoms with Crippen LogP contribution in [0.15, 0.2) is 76.7 Å². The summed E-state index contributed by atoms with van der Waals surface area (Å²) in [5.74, 6) is 0.497. The van der Waals surface area contributed by atoms with Crippen molar-refractivity contribution in [2.24, 2.45) is 0 Å². The molecule has 1 amide bonds. The molecule has 11 nitrogen and oxygen atoms in total. The largest absolute Gasteiger partial charge is 0.496 e. The molecule has 0 spiro atoms. The first kappa shape index (κ1) is 27.8. The number of hydrogen-bond acceptors (Lipinski definition) is 9. The number of carbonyl (C=O) groups excluding carboxylic acids is 1. The number of rotatable bonds is 9. The highest BCUT2D eigenvalue weighted by Gasteiger charge is 2.28. The van der Waals surface area contributed by atoms with Crippen molar-refractivity contribution in [2.45, 2.75) is 4.90 Å². The van der Waals surface area contributed by atoms with E-state index >= 15 is 0 Å². The van der Waals surface area contributed by atoms with Gasteiger partial charge in [0.25, 0.3) is 10.0 Å². The molecule has 2 heterocycles. The van der Waals surface area contributed by atoms with Crippen LogP contribution in [0.3, 0.4) is 0 Å². The van der Waals surface area contributed by atoms with E-state index in [-0.39, 0.29) is 28.1 Å². The molecule has 0 atom stereocenters. The number of anilines is 2. The van der Waals surface area contributed by atoms with Gasteiger partial charge in [0.15, 0.2) is 16.3 Å². The van der Waals surface area contributed by atoms with Gasteiger partial charge >= 0.3 is 0 Å². The fraction of sp³-hybridized carbons (Fsp3) is 0.241. The number of fused-ring (bicyclic) bond motifs is 1. The van der Waals surface area contributed by atoms with Crippen LogP contribution in [-0.4, -0.2) is 71.9 Å². The Morgan fingerprint density at radius 1 is 0.951 bits per heavy atom. The van der Waals surface area contributed by atoms with Crippen LogP contribution < -0.4 is 23.8 Å². The molecule has 41 heavy (non-hydrogen) atoms. The summed E-state index contributed by atoms with van der Waals surface area (Å²) in [7, 11) is 0.0494. The van der Waals surface area contributed by atoms with Gasteiger partial charge in [0, 0.05) is 37.4 Å². The molecule has 0 aliphatic carbocycles. The third-order valence-corrected chi connectivity index (χ3v) is 8.36. The van der Waals surface area contributed by atoms with Crippen molar-refractivity contribution in [3.63, 3.8) is 0 Å². The van der Waals surface area contributed by atoms with Crippen LogP contribution in [0.2, 0.25) is 0 Å². The number of nitrogens with one attached hydrogen (secondary N) is 1. The maximum atomic E-state index is 13.5. The molecule has 12 heteroatoms. The van der Waals surface area contributed by atoms with E-state index in [2.05, 4.69) is 21.4 Å². The third kappa shape index (κ3) is 5.25. The molecule has 4 aromatic rings. The Kier molecular flexibility index (Phi) is 7.75. The molecule has 1 aliphatic heterocycles. The van der Waals surface area contributed by atoms with Crippen LogP contribution in [0.4, 0.5) is 11.5 Å². The van der Waals surface area contributed by atoms with E-state index in [1.807, 2.05) is 30.3 Å². The zero-order chi connectivity index (χ0) is 29.1. The second kappa shape index (κ2) is 11.4. The quantitative estimate of drug-likeness (QED) is 0.292. The Morgan fingerprint density at radius 2 is 1.61 bits per heavy atom. The third-order valence-electron chi connectivity index (χ3n) is 6.96. The Morgan fingerprint density at radius 3 is 2.24 bits per heavy atom. The lowest BCUT2D eigenvalue weighted by Crippen LogP contribution is -2.48. The number of amides is 1. The molecule has 1 aliphatic rings. The van der Waals surface area contributed by atoms with E-state index in [9.17, 15) is 13.2 Å². The van der Waals surface area contributed by atoms with Crippen LogP contribution in [0.25, 0.3) is 22.1 Å². The zero-order valence-corrected chi connectivity index (χ0v) is 23.7. The van der Waals surface area contributed by atoms with Crippen molar-refractivity contribution in [3.8, 4) is 28.4 Å². The van der Waals surface area contributed by atoms with E-state index in [1.54, 1.807) is 17.0 Å². The summed E-state index contributed by atoms with van der Waals surface area (Å²) in [6.07, 6.45) is 1.34. The standard InChI is InChI=1S/C29H30N4O7S/c1-5-26(34)33-15-13-32(14-16-33)21-10-7-6-9-20(21)19-17-24(39-4)27-25(18-19)40-30-29(27)31-41(35,36)28-22(37-2)11-8-12-23(28)38-3/h5-12,17-18H,1,13-16H2,2-4H3,(H,30,31). The van der Waals surface area contributed by atoms with Crippen LogP contribution in [-0.2, 0) is 14.8 Å². The van der Waals surface area contributed by atoms with Crippen LogP contribution in [0.1, 0.15) is 0 Å². The van der Waals surface area contributed by atoms with Crippen molar-refractivity contribution in [2.75, 3.05) is 57.1 Å². The lowest BCUT2D eigenvalue weighted by molar-refractivity contribution is -0.126. The molecular weight excluding hydrogens is 548 g/mol. The number of hydrogen-bond donors (Lipinski definition) is 1. The number of para-hydroxylation sites is 1. The average molecular weight is 579 g/mol. The highest BCUT2D eigenvalue weighted by molar-refractivity contribution is 7.93. The van der Waals surface area contributed by atoms with Crippen molar-refractivity contribution in [1.82, 2.24) is 10.1 Å². The van der Waals surface area contributed by atoms with Crippen molar-refractivity contribution in [3.05, 3.63) is 67.3 Å². The lowest BCUT2D eigenvalue weighted by atomic mass is 10.0. The summed E-state index contributed by atoms with van der Waals surface area (Å²) >= 11 is 0. The Labute approximate surface area is 237 Å². The van der Waals surface area contributed by atoms with Gasteiger partial charge in [-0.05, 0) is 42.0 Å². The predicted octanol–water partition coefficient (Wildman–Crippen LogP) is 4.16. The molecule has 0 bridgehead atoms. The number of benzene rings is 3.